The first-order chi connectivity index (χ1) is 8.51. The second kappa shape index (κ2) is 6.15. The van der Waals surface area contributed by atoms with Gasteiger partial charge in [0.1, 0.15) is 5.82 Å². The van der Waals surface area contributed by atoms with Gasteiger partial charge in [0.25, 0.3) is 0 Å². The first kappa shape index (κ1) is 14.2. The molecule has 0 bridgehead atoms. The fraction of sp³-hybridized carbons (Fsp3) is 0.545. The standard InChI is InChI=1S/C11H18N4O3/c1-4-14(8(2)7-18-3)11-9(15(16)17)5-6-10(12)13-11/h5-6,8H,4,7H2,1-3H3,(H2,12,13). The number of nitro groups is 1. The summed E-state index contributed by atoms with van der Waals surface area (Å²) in [4.78, 5) is 16.4. The summed E-state index contributed by atoms with van der Waals surface area (Å²) < 4.78 is 5.07. The van der Waals surface area contributed by atoms with E-state index in [-0.39, 0.29) is 23.4 Å². The SMILES string of the molecule is CCN(c1nc(N)ccc1[N+](=O)[O-])C(C)COC. The number of nitrogens with two attached hydrogens (primary N) is 1. The van der Waals surface area contributed by atoms with Crippen LogP contribution in [0.25, 0.3) is 0 Å². The minimum Gasteiger partial charge on any atom is -0.384 e. The van der Waals surface area contributed by atoms with Gasteiger partial charge in [-0.2, -0.15) is 0 Å². The van der Waals surface area contributed by atoms with Crippen LogP contribution in [0.2, 0.25) is 0 Å². The highest BCUT2D eigenvalue weighted by Gasteiger charge is 2.24. The number of hydrogen-bond acceptors (Lipinski definition) is 6. The van der Waals surface area contributed by atoms with Gasteiger partial charge in [0.05, 0.1) is 17.6 Å². The maximum absolute atomic E-state index is 11.0. The lowest BCUT2D eigenvalue weighted by Gasteiger charge is -2.28. The Morgan fingerprint density at radius 1 is 1.61 bits per heavy atom. The topological polar surface area (TPSA) is 94.5 Å². The van der Waals surface area contributed by atoms with E-state index < -0.39 is 4.92 Å². The number of aromatic nitrogens is 1. The van der Waals surface area contributed by atoms with Crippen LogP contribution in [0, 0.1) is 10.1 Å². The summed E-state index contributed by atoms with van der Waals surface area (Å²) in [6, 6.07) is 2.78. The molecule has 7 heteroatoms. The largest absolute Gasteiger partial charge is 0.384 e. The van der Waals surface area contributed by atoms with Crippen LogP contribution in [0.15, 0.2) is 12.1 Å². The summed E-state index contributed by atoms with van der Waals surface area (Å²) in [6.07, 6.45) is 0. The van der Waals surface area contributed by atoms with Crippen LogP contribution in [-0.2, 0) is 4.74 Å². The molecule has 0 saturated heterocycles. The van der Waals surface area contributed by atoms with Crippen molar-refractivity contribution in [2.75, 3.05) is 30.9 Å². The highest BCUT2D eigenvalue weighted by Crippen LogP contribution is 2.28. The lowest BCUT2D eigenvalue weighted by atomic mass is 10.2. The molecule has 2 N–H and O–H groups in total. The Bertz CT molecular complexity index is 425. The zero-order valence-electron chi connectivity index (χ0n) is 10.8. The molecule has 7 nitrogen and oxygen atoms in total. The normalized spacial score (nSPS) is 12.2. The Morgan fingerprint density at radius 2 is 2.28 bits per heavy atom. The molecule has 100 valence electrons. The monoisotopic (exact) mass is 254 g/mol. The summed E-state index contributed by atoms with van der Waals surface area (Å²) in [5, 5.41) is 11.0. The number of hydrogen-bond donors (Lipinski definition) is 1. The van der Waals surface area contributed by atoms with E-state index in [2.05, 4.69) is 4.98 Å². The summed E-state index contributed by atoms with van der Waals surface area (Å²) in [6.45, 7) is 4.87. The van der Waals surface area contributed by atoms with E-state index in [9.17, 15) is 10.1 Å². The van der Waals surface area contributed by atoms with Crippen LogP contribution >= 0.6 is 0 Å². The Balaban J connectivity index is 3.18. The van der Waals surface area contributed by atoms with E-state index in [4.69, 9.17) is 10.5 Å². The maximum atomic E-state index is 11.0. The van der Waals surface area contributed by atoms with Crippen LogP contribution in [0.4, 0.5) is 17.3 Å². The third kappa shape index (κ3) is 3.07. The van der Waals surface area contributed by atoms with Gasteiger partial charge in [0.15, 0.2) is 0 Å². The number of nitrogens with zero attached hydrogens (tertiary/aromatic N) is 3. The summed E-state index contributed by atoms with van der Waals surface area (Å²) in [7, 11) is 1.59. The molecule has 1 aromatic rings. The van der Waals surface area contributed by atoms with Crippen molar-refractivity contribution in [3.63, 3.8) is 0 Å². The molecule has 0 saturated carbocycles. The fourth-order valence-electron chi connectivity index (χ4n) is 1.81. The Morgan fingerprint density at radius 3 is 2.78 bits per heavy atom. The molecule has 1 heterocycles. The molecule has 0 aliphatic carbocycles. The van der Waals surface area contributed by atoms with Gasteiger partial charge in [-0.1, -0.05) is 0 Å². The summed E-state index contributed by atoms with van der Waals surface area (Å²) in [5.41, 5.74) is 5.56. The van der Waals surface area contributed by atoms with Crippen molar-refractivity contribution in [2.24, 2.45) is 0 Å². The molecular weight excluding hydrogens is 236 g/mol. The molecule has 0 aromatic carbocycles. The Kier molecular flexibility index (Phi) is 4.85. The van der Waals surface area contributed by atoms with Crippen LogP contribution in [0.3, 0.4) is 0 Å². The highest BCUT2D eigenvalue weighted by atomic mass is 16.6. The average molecular weight is 254 g/mol. The zero-order valence-corrected chi connectivity index (χ0v) is 10.8. The van der Waals surface area contributed by atoms with Crippen molar-refractivity contribution >= 4 is 17.3 Å². The van der Waals surface area contributed by atoms with E-state index >= 15 is 0 Å². The van der Waals surface area contributed by atoms with Crippen molar-refractivity contribution in [3.8, 4) is 0 Å². The predicted octanol–water partition coefficient (Wildman–Crippen LogP) is 1.43. The van der Waals surface area contributed by atoms with Crippen molar-refractivity contribution < 1.29 is 9.66 Å². The van der Waals surface area contributed by atoms with E-state index in [1.165, 1.54) is 12.1 Å². The van der Waals surface area contributed by atoms with Gasteiger partial charge < -0.3 is 15.4 Å². The average Bonchev–Trinajstić information content (AvgIpc) is 2.30. The highest BCUT2D eigenvalue weighted by molar-refractivity contribution is 5.61. The molecule has 1 rings (SSSR count). The van der Waals surface area contributed by atoms with Crippen LogP contribution in [-0.4, -0.2) is 36.2 Å². The Labute approximate surface area is 106 Å². The summed E-state index contributed by atoms with van der Waals surface area (Å²) in [5.74, 6) is 0.547. The molecular formula is C11H18N4O3. The first-order valence-corrected chi connectivity index (χ1v) is 5.67. The number of nitrogen functional groups attached to an aromatic ring is 1. The number of methoxy groups -OCH3 is 1. The molecule has 1 atom stereocenters. The molecule has 1 unspecified atom stereocenters. The van der Waals surface area contributed by atoms with Crippen molar-refractivity contribution in [1.82, 2.24) is 4.98 Å². The van der Waals surface area contributed by atoms with Gasteiger partial charge in [0.2, 0.25) is 5.82 Å². The minimum atomic E-state index is -0.454. The van der Waals surface area contributed by atoms with Crippen molar-refractivity contribution in [2.45, 2.75) is 19.9 Å². The Hall–Kier alpha value is -1.89. The molecule has 1 aromatic heterocycles. The number of rotatable bonds is 6. The van der Waals surface area contributed by atoms with Gasteiger partial charge in [-0.3, -0.25) is 10.1 Å². The second-order valence-electron chi connectivity index (χ2n) is 3.93. The second-order valence-corrected chi connectivity index (χ2v) is 3.93. The van der Waals surface area contributed by atoms with Crippen LogP contribution in [0.5, 0.6) is 0 Å². The number of pyridine rings is 1. The number of ether oxygens (including phenoxy) is 1. The molecule has 18 heavy (non-hydrogen) atoms. The predicted molar refractivity (Wildman–Crippen MR) is 69.7 cm³/mol. The number of likely N-dealkylation sites (N-methyl/N-ethyl adjacent to an activating group) is 1. The van der Waals surface area contributed by atoms with Gasteiger partial charge in [-0.15, -0.1) is 0 Å². The van der Waals surface area contributed by atoms with Gasteiger partial charge >= 0.3 is 5.69 Å². The van der Waals surface area contributed by atoms with E-state index in [0.717, 1.165) is 0 Å². The first-order valence-electron chi connectivity index (χ1n) is 5.67. The third-order valence-corrected chi connectivity index (χ3v) is 2.63. The molecule has 0 spiro atoms. The van der Waals surface area contributed by atoms with Crippen molar-refractivity contribution in [1.29, 1.82) is 0 Å². The number of anilines is 2. The molecule has 0 amide bonds. The van der Waals surface area contributed by atoms with Crippen LogP contribution in [0.1, 0.15) is 13.8 Å². The minimum absolute atomic E-state index is 0.0204. The van der Waals surface area contributed by atoms with Gasteiger partial charge in [-0.05, 0) is 19.9 Å². The quantitative estimate of drug-likeness (QED) is 0.609. The van der Waals surface area contributed by atoms with E-state index in [0.29, 0.717) is 13.2 Å². The molecule has 0 aliphatic rings. The van der Waals surface area contributed by atoms with E-state index in [1.54, 1.807) is 12.0 Å². The maximum Gasteiger partial charge on any atom is 0.311 e. The smallest absolute Gasteiger partial charge is 0.311 e. The molecule has 0 radical (unpaired) electrons. The van der Waals surface area contributed by atoms with Gasteiger partial charge in [-0.25, -0.2) is 4.98 Å². The molecule has 0 aliphatic heterocycles. The van der Waals surface area contributed by atoms with E-state index in [1.807, 2.05) is 13.8 Å². The zero-order chi connectivity index (χ0) is 13.7. The summed E-state index contributed by atoms with van der Waals surface area (Å²) >= 11 is 0. The van der Waals surface area contributed by atoms with Gasteiger partial charge in [0, 0.05) is 19.7 Å². The molecule has 0 fully saturated rings. The fourth-order valence-corrected chi connectivity index (χ4v) is 1.81. The third-order valence-electron chi connectivity index (χ3n) is 2.63. The van der Waals surface area contributed by atoms with Crippen molar-refractivity contribution in [3.05, 3.63) is 22.2 Å². The lowest BCUT2D eigenvalue weighted by molar-refractivity contribution is -0.384. The van der Waals surface area contributed by atoms with Crippen LogP contribution < -0.4 is 10.6 Å². The lowest BCUT2D eigenvalue weighted by Crippen LogP contribution is -2.37.